The van der Waals surface area contributed by atoms with E-state index in [1.165, 1.54) is 6.92 Å². The van der Waals surface area contributed by atoms with Crippen LogP contribution in [0.15, 0.2) is 0 Å². The van der Waals surface area contributed by atoms with Crippen LogP contribution in [-0.2, 0) is 24.0 Å². The molecular weight excluding hydrogens is 408 g/mol. The first kappa shape index (κ1) is 28.3. The van der Waals surface area contributed by atoms with Gasteiger partial charge in [0.25, 0.3) is 0 Å². The Bertz CT molecular complexity index is 641. The van der Waals surface area contributed by atoms with Crippen LogP contribution in [0, 0.1) is 5.92 Å². The predicted molar refractivity (Wildman–Crippen MR) is 113 cm³/mol. The minimum Gasteiger partial charge on any atom is -0.480 e. The highest BCUT2D eigenvalue weighted by Crippen LogP contribution is 2.05. The van der Waals surface area contributed by atoms with Gasteiger partial charge in [0.1, 0.15) is 18.1 Å². The van der Waals surface area contributed by atoms with Crippen LogP contribution in [0.25, 0.3) is 0 Å². The third-order valence-electron chi connectivity index (χ3n) is 4.65. The molecule has 0 rings (SSSR count). The molecule has 0 bridgehead atoms. The van der Waals surface area contributed by atoms with Gasteiger partial charge in [-0.2, -0.15) is 0 Å². The highest BCUT2D eigenvalue weighted by molar-refractivity contribution is 5.94. The second-order valence-corrected chi connectivity index (χ2v) is 7.75. The average molecular weight is 445 g/mol. The summed E-state index contributed by atoms with van der Waals surface area (Å²) in [5, 5.41) is 16.6. The largest absolute Gasteiger partial charge is 0.480 e. The quantitative estimate of drug-likeness (QED) is 0.139. The fourth-order valence-corrected chi connectivity index (χ4v) is 2.55. The molecule has 4 unspecified atom stereocenters. The zero-order chi connectivity index (χ0) is 24.1. The molecule has 31 heavy (non-hydrogen) atoms. The number of aliphatic carboxylic acids is 1. The van der Waals surface area contributed by atoms with Crippen LogP contribution in [0.3, 0.4) is 0 Å². The summed E-state index contributed by atoms with van der Waals surface area (Å²) in [5.74, 6) is -4.00. The van der Waals surface area contributed by atoms with E-state index in [1.54, 1.807) is 13.8 Å². The highest BCUT2D eigenvalue weighted by atomic mass is 16.4. The Hall–Kier alpha value is -2.73. The molecule has 0 saturated heterocycles. The van der Waals surface area contributed by atoms with E-state index in [9.17, 15) is 29.1 Å². The SMILES string of the molecule is CC(NC(=O)C(N)C(C)C)C(=O)NC(CCCCN)C(=O)NC(CCC(N)=O)C(=O)O. The van der Waals surface area contributed by atoms with Crippen molar-refractivity contribution >= 4 is 29.6 Å². The van der Waals surface area contributed by atoms with Crippen molar-refractivity contribution in [1.29, 1.82) is 0 Å². The van der Waals surface area contributed by atoms with Gasteiger partial charge in [-0.25, -0.2) is 4.79 Å². The van der Waals surface area contributed by atoms with E-state index in [4.69, 9.17) is 17.2 Å². The zero-order valence-corrected chi connectivity index (χ0v) is 18.3. The summed E-state index contributed by atoms with van der Waals surface area (Å²) in [6.07, 6.45) is 0.912. The van der Waals surface area contributed by atoms with Crippen molar-refractivity contribution < 1.29 is 29.1 Å². The number of hydrogen-bond acceptors (Lipinski definition) is 7. The number of primary amides is 1. The fraction of sp³-hybridized carbons (Fsp3) is 0.737. The van der Waals surface area contributed by atoms with Crippen LogP contribution in [0.5, 0.6) is 0 Å². The van der Waals surface area contributed by atoms with E-state index in [0.717, 1.165) is 0 Å². The number of amides is 4. The molecule has 4 amide bonds. The Balaban J connectivity index is 5.15. The van der Waals surface area contributed by atoms with Gasteiger partial charge in [0.15, 0.2) is 0 Å². The molecule has 0 radical (unpaired) electrons. The molecule has 0 spiro atoms. The van der Waals surface area contributed by atoms with Crippen molar-refractivity contribution in [2.75, 3.05) is 6.54 Å². The normalized spacial score (nSPS) is 14.8. The molecule has 0 aromatic rings. The number of nitrogens with one attached hydrogen (secondary N) is 3. The van der Waals surface area contributed by atoms with Crippen LogP contribution in [0.2, 0.25) is 0 Å². The van der Waals surface area contributed by atoms with Gasteiger partial charge in [-0.1, -0.05) is 13.8 Å². The number of nitrogens with two attached hydrogens (primary N) is 3. The molecule has 12 heteroatoms. The van der Waals surface area contributed by atoms with Crippen molar-refractivity contribution in [1.82, 2.24) is 16.0 Å². The second kappa shape index (κ2) is 14.3. The number of carbonyl (C=O) groups excluding carboxylic acids is 4. The number of rotatable bonds is 15. The molecule has 0 aromatic heterocycles. The second-order valence-electron chi connectivity index (χ2n) is 7.75. The van der Waals surface area contributed by atoms with Gasteiger partial charge in [-0.05, 0) is 45.1 Å². The van der Waals surface area contributed by atoms with E-state index in [1.807, 2.05) is 0 Å². The van der Waals surface area contributed by atoms with Crippen LogP contribution in [-0.4, -0.2) is 65.4 Å². The van der Waals surface area contributed by atoms with Crippen molar-refractivity contribution in [2.24, 2.45) is 23.1 Å². The van der Waals surface area contributed by atoms with Gasteiger partial charge < -0.3 is 38.3 Å². The van der Waals surface area contributed by atoms with Crippen LogP contribution in [0.1, 0.15) is 52.9 Å². The lowest BCUT2D eigenvalue weighted by Crippen LogP contribution is -2.56. The molecule has 0 aliphatic carbocycles. The molecule has 0 heterocycles. The van der Waals surface area contributed by atoms with Crippen LogP contribution in [0.4, 0.5) is 0 Å². The Kier molecular flexibility index (Phi) is 13.0. The van der Waals surface area contributed by atoms with E-state index < -0.39 is 53.8 Å². The van der Waals surface area contributed by atoms with Gasteiger partial charge in [-0.15, -0.1) is 0 Å². The summed E-state index contributed by atoms with van der Waals surface area (Å²) < 4.78 is 0. The molecule has 0 aromatic carbocycles. The minimum absolute atomic E-state index is 0.126. The summed E-state index contributed by atoms with van der Waals surface area (Å²) >= 11 is 0. The van der Waals surface area contributed by atoms with Crippen molar-refractivity contribution in [2.45, 2.75) is 77.0 Å². The molecule has 0 fully saturated rings. The Morgan fingerprint density at radius 1 is 0.839 bits per heavy atom. The van der Waals surface area contributed by atoms with E-state index in [-0.39, 0.29) is 25.2 Å². The molecule has 0 aliphatic rings. The van der Waals surface area contributed by atoms with Crippen molar-refractivity contribution in [3.05, 3.63) is 0 Å². The molecule has 4 atom stereocenters. The third kappa shape index (κ3) is 11.3. The first-order valence-electron chi connectivity index (χ1n) is 10.3. The maximum absolute atomic E-state index is 12.6. The minimum atomic E-state index is -1.34. The maximum Gasteiger partial charge on any atom is 0.326 e. The standard InChI is InChI=1S/C19H36N6O6/c1-10(2)15(22)18(29)23-11(3)16(27)24-12(6-4-5-9-20)17(28)25-13(19(30)31)7-8-14(21)26/h10-13,15H,4-9,20,22H2,1-3H3,(H2,21,26)(H,23,29)(H,24,27)(H,25,28)(H,30,31). The molecular formula is C19H36N6O6. The van der Waals surface area contributed by atoms with Gasteiger partial charge in [0, 0.05) is 6.42 Å². The average Bonchev–Trinajstić information content (AvgIpc) is 2.68. The number of carboxylic acids is 1. The topological polar surface area (TPSA) is 220 Å². The summed E-state index contributed by atoms with van der Waals surface area (Å²) in [5.41, 5.74) is 16.3. The van der Waals surface area contributed by atoms with E-state index in [0.29, 0.717) is 19.4 Å². The van der Waals surface area contributed by atoms with Crippen molar-refractivity contribution in [3.8, 4) is 0 Å². The molecule has 12 nitrogen and oxygen atoms in total. The zero-order valence-electron chi connectivity index (χ0n) is 18.3. The fourth-order valence-electron chi connectivity index (χ4n) is 2.55. The molecule has 10 N–H and O–H groups in total. The number of carboxylic acid groups (broad SMARTS) is 1. The molecule has 0 aliphatic heterocycles. The first-order chi connectivity index (χ1) is 14.4. The Labute approximate surface area is 182 Å². The predicted octanol–water partition coefficient (Wildman–Crippen LogP) is -2.08. The summed E-state index contributed by atoms with van der Waals surface area (Å²) in [7, 11) is 0. The number of hydrogen-bond donors (Lipinski definition) is 7. The number of unbranched alkanes of at least 4 members (excludes halogenated alkanes) is 1. The first-order valence-corrected chi connectivity index (χ1v) is 10.3. The van der Waals surface area contributed by atoms with Crippen LogP contribution < -0.4 is 33.2 Å². The lowest BCUT2D eigenvalue weighted by molar-refractivity contribution is -0.142. The summed E-state index contributed by atoms with van der Waals surface area (Å²) in [6.45, 7) is 5.37. The highest BCUT2D eigenvalue weighted by Gasteiger charge is 2.29. The number of carbonyl (C=O) groups is 5. The smallest absolute Gasteiger partial charge is 0.326 e. The monoisotopic (exact) mass is 444 g/mol. The van der Waals surface area contributed by atoms with Gasteiger partial charge in [0.05, 0.1) is 6.04 Å². The summed E-state index contributed by atoms with van der Waals surface area (Å²) in [6, 6.07) is -4.14. The molecule has 0 saturated carbocycles. The van der Waals surface area contributed by atoms with E-state index in [2.05, 4.69) is 16.0 Å². The lowest BCUT2D eigenvalue weighted by atomic mass is 10.0. The van der Waals surface area contributed by atoms with Crippen molar-refractivity contribution in [3.63, 3.8) is 0 Å². The van der Waals surface area contributed by atoms with Gasteiger partial charge >= 0.3 is 5.97 Å². The third-order valence-corrected chi connectivity index (χ3v) is 4.65. The molecule has 178 valence electrons. The summed E-state index contributed by atoms with van der Waals surface area (Å²) in [4.78, 5) is 59.5. The maximum atomic E-state index is 12.6. The lowest BCUT2D eigenvalue weighted by Gasteiger charge is -2.24. The van der Waals surface area contributed by atoms with E-state index >= 15 is 0 Å². The van der Waals surface area contributed by atoms with Gasteiger partial charge in [-0.3, -0.25) is 19.2 Å². The Morgan fingerprint density at radius 2 is 1.42 bits per heavy atom. The Morgan fingerprint density at radius 3 is 1.90 bits per heavy atom. The van der Waals surface area contributed by atoms with Gasteiger partial charge in [0.2, 0.25) is 23.6 Å². The van der Waals surface area contributed by atoms with Crippen LogP contribution >= 0.6 is 0 Å².